The molecule has 4 bridgehead atoms. The predicted octanol–water partition coefficient (Wildman–Crippen LogP) is 12.9. The lowest BCUT2D eigenvalue weighted by atomic mass is 9.43. The Labute approximate surface area is 286 Å². The lowest BCUT2D eigenvalue weighted by molar-refractivity contribution is -0.0399. The lowest BCUT2D eigenvalue weighted by Gasteiger charge is -2.61. The van der Waals surface area contributed by atoms with Gasteiger partial charge >= 0.3 is 0 Å². The van der Waals surface area contributed by atoms with E-state index in [9.17, 15) is 0 Å². The van der Waals surface area contributed by atoms with Crippen molar-refractivity contribution in [3.63, 3.8) is 0 Å². The number of hydrogen-bond donors (Lipinski definition) is 0. The van der Waals surface area contributed by atoms with E-state index in [4.69, 9.17) is 0 Å². The van der Waals surface area contributed by atoms with Gasteiger partial charge in [0, 0.05) is 42.5 Å². The van der Waals surface area contributed by atoms with Crippen LogP contribution in [0.4, 0.5) is 17.1 Å². The van der Waals surface area contributed by atoms with E-state index >= 15 is 0 Å². The number of fused-ring (bicyclic) bond motifs is 6. The third kappa shape index (κ3) is 3.67. The Kier molecular flexibility index (Phi) is 5.79. The van der Waals surface area contributed by atoms with Crippen molar-refractivity contribution in [3.05, 3.63) is 151 Å². The summed E-state index contributed by atoms with van der Waals surface area (Å²) >= 11 is 1.90. The number of anilines is 3. The number of benzene rings is 6. The number of rotatable bonds is 4. The first-order chi connectivity index (χ1) is 23.8. The molecule has 0 N–H and O–H groups in total. The predicted molar refractivity (Wildman–Crippen MR) is 203 cm³/mol. The fourth-order valence-corrected chi connectivity index (χ4v) is 12.4. The average molecular weight is 636 g/mol. The van der Waals surface area contributed by atoms with Crippen molar-refractivity contribution in [2.45, 2.75) is 37.5 Å². The van der Waals surface area contributed by atoms with E-state index in [2.05, 4.69) is 144 Å². The molecule has 12 rings (SSSR count). The van der Waals surface area contributed by atoms with Crippen molar-refractivity contribution in [2.24, 2.45) is 23.7 Å². The first-order valence-electron chi connectivity index (χ1n) is 17.9. The minimum Gasteiger partial charge on any atom is -0.310 e. The van der Waals surface area contributed by atoms with E-state index in [0.29, 0.717) is 0 Å². The van der Waals surface area contributed by atoms with Gasteiger partial charge in [-0.25, -0.2) is 0 Å². The molecule has 0 amide bonds. The molecule has 5 aliphatic carbocycles. The second kappa shape index (κ2) is 10.2. The van der Waals surface area contributed by atoms with Crippen LogP contribution >= 0.6 is 11.3 Å². The summed E-state index contributed by atoms with van der Waals surface area (Å²) in [5, 5.41) is 2.70. The number of nitrogens with zero attached hydrogens (tertiary/aromatic N) is 1. The van der Waals surface area contributed by atoms with E-state index < -0.39 is 0 Å². The molecule has 1 spiro atoms. The second-order valence-corrected chi connectivity index (χ2v) is 16.0. The zero-order valence-electron chi connectivity index (χ0n) is 27.0. The van der Waals surface area contributed by atoms with Crippen molar-refractivity contribution in [1.29, 1.82) is 0 Å². The van der Waals surface area contributed by atoms with Gasteiger partial charge in [0.15, 0.2) is 0 Å². The first-order valence-corrected chi connectivity index (χ1v) is 18.7. The highest BCUT2D eigenvalue weighted by Gasteiger charge is 2.61. The van der Waals surface area contributed by atoms with Crippen LogP contribution < -0.4 is 4.90 Å². The summed E-state index contributed by atoms with van der Waals surface area (Å²) in [5.41, 5.74) is 12.6. The summed E-state index contributed by atoms with van der Waals surface area (Å²) in [4.78, 5) is 2.52. The van der Waals surface area contributed by atoms with E-state index in [1.807, 2.05) is 11.3 Å². The molecule has 0 radical (unpaired) electrons. The van der Waals surface area contributed by atoms with Crippen LogP contribution in [0.1, 0.15) is 43.2 Å². The molecule has 1 aromatic heterocycles. The molecule has 6 aromatic carbocycles. The molecular formula is C46H37NS. The Hall–Kier alpha value is -4.66. The standard InChI is InChI=1S/C46H37NS/c1-2-10-34(11-3-1)47(35-22-20-31(21-23-35)36-14-8-15-38-37-12-5-7-19-43(37)48-45(36)38)42-18-9-17-41-44(42)39-13-4-6-16-40(39)46(41)32-25-29-24-30(27-32)28-33(46)26-29/h1-23,29-30,32-33H,24-28H2. The van der Waals surface area contributed by atoms with Gasteiger partial charge in [-0.1, -0.05) is 103 Å². The van der Waals surface area contributed by atoms with Crippen LogP contribution in [0.3, 0.4) is 0 Å². The second-order valence-electron chi connectivity index (χ2n) is 14.9. The van der Waals surface area contributed by atoms with Crippen molar-refractivity contribution < 1.29 is 0 Å². The molecule has 4 fully saturated rings. The van der Waals surface area contributed by atoms with Crippen molar-refractivity contribution in [1.82, 2.24) is 0 Å². The molecule has 2 heteroatoms. The molecule has 0 saturated heterocycles. The summed E-state index contributed by atoms with van der Waals surface area (Å²) in [5.74, 6) is 3.39. The molecule has 5 aliphatic rings. The molecule has 48 heavy (non-hydrogen) atoms. The molecule has 4 saturated carbocycles. The van der Waals surface area contributed by atoms with Crippen LogP contribution in [-0.2, 0) is 5.41 Å². The molecule has 1 heterocycles. The van der Waals surface area contributed by atoms with E-state index in [0.717, 1.165) is 23.7 Å². The number of thiophene rings is 1. The zero-order valence-corrected chi connectivity index (χ0v) is 27.8. The normalized spacial score (nSPS) is 24.8. The third-order valence-corrected chi connectivity index (χ3v) is 13.9. The number of hydrogen-bond acceptors (Lipinski definition) is 2. The first kappa shape index (κ1) is 27.3. The molecule has 7 aromatic rings. The van der Waals surface area contributed by atoms with Crippen LogP contribution in [0.15, 0.2) is 140 Å². The fourth-order valence-electron chi connectivity index (χ4n) is 11.1. The fraction of sp³-hybridized carbons (Fsp3) is 0.217. The van der Waals surface area contributed by atoms with Crippen LogP contribution in [0, 0.1) is 23.7 Å². The van der Waals surface area contributed by atoms with E-state index in [1.165, 1.54) is 91.6 Å². The molecule has 232 valence electrons. The van der Waals surface area contributed by atoms with Gasteiger partial charge in [-0.05, 0) is 120 Å². The van der Waals surface area contributed by atoms with Crippen LogP contribution in [0.25, 0.3) is 42.4 Å². The SMILES string of the molecule is c1ccc(N(c2ccc(-c3cccc4c3sc3ccccc34)cc2)c2cccc3c2-c2ccccc2C32C3CC4CC(C3)CC2C4)cc1. The van der Waals surface area contributed by atoms with Gasteiger partial charge in [0.2, 0.25) is 0 Å². The molecule has 0 atom stereocenters. The molecular weight excluding hydrogens is 599 g/mol. The molecule has 1 nitrogen and oxygen atoms in total. The minimum absolute atomic E-state index is 0.157. The topological polar surface area (TPSA) is 3.24 Å². The average Bonchev–Trinajstić information content (AvgIpc) is 3.66. The lowest BCUT2D eigenvalue weighted by Crippen LogP contribution is -2.55. The van der Waals surface area contributed by atoms with E-state index in [1.54, 1.807) is 11.1 Å². The summed E-state index contributed by atoms with van der Waals surface area (Å²) in [6, 6.07) is 52.7. The van der Waals surface area contributed by atoms with Gasteiger partial charge in [0.1, 0.15) is 0 Å². The highest BCUT2D eigenvalue weighted by atomic mass is 32.1. The maximum Gasteiger partial charge on any atom is 0.0543 e. The molecule has 0 unspecified atom stereocenters. The summed E-state index contributed by atoms with van der Waals surface area (Å²) in [6.45, 7) is 0. The van der Waals surface area contributed by atoms with Crippen LogP contribution in [-0.4, -0.2) is 0 Å². The maximum absolute atomic E-state index is 2.52. The minimum atomic E-state index is 0.157. The van der Waals surface area contributed by atoms with Gasteiger partial charge < -0.3 is 4.90 Å². The third-order valence-electron chi connectivity index (χ3n) is 12.7. The quantitative estimate of drug-likeness (QED) is 0.186. The van der Waals surface area contributed by atoms with Crippen molar-refractivity contribution >= 4 is 48.6 Å². The van der Waals surface area contributed by atoms with Crippen LogP contribution in [0.5, 0.6) is 0 Å². The smallest absolute Gasteiger partial charge is 0.0543 e. The van der Waals surface area contributed by atoms with Gasteiger partial charge in [-0.3, -0.25) is 0 Å². The zero-order chi connectivity index (χ0) is 31.4. The van der Waals surface area contributed by atoms with Gasteiger partial charge in [-0.15, -0.1) is 11.3 Å². The van der Waals surface area contributed by atoms with Crippen molar-refractivity contribution in [2.75, 3.05) is 4.90 Å². The highest BCUT2D eigenvalue weighted by molar-refractivity contribution is 7.26. The Morgan fingerprint density at radius 2 is 1.12 bits per heavy atom. The number of para-hydroxylation sites is 1. The summed E-state index contributed by atoms with van der Waals surface area (Å²) < 4.78 is 2.71. The Balaban J connectivity index is 1.09. The van der Waals surface area contributed by atoms with Crippen molar-refractivity contribution in [3.8, 4) is 22.3 Å². The monoisotopic (exact) mass is 635 g/mol. The van der Waals surface area contributed by atoms with Gasteiger partial charge in [0.25, 0.3) is 0 Å². The summed E-state index contributed by atoms with van der Waals surface area (Å²) in [7, 11) is 0. The Morgan fingerprint density at radius 1 is 0.500 bits per heavy atom. The largest absolute Gasteiger partial charge is 0.310 e. The van der Waals surface area contributed by atoms with E-state index in [-0.39, 0.29) is 5.41 Å². The van der Waals surface area contributed by atoms with Gasteiger partial charge in [-0.2, -0.15) is 0 Å². The Bertz CT molecular complexity index is 2340. The maximum atomic E-state index is 2.52. The van der Waals surface area contributed by atoms with Crippen LogP contribution in [0.2, 0.25) is 0 Å². The van der Waals surface area contributed by atoms with Gasteiger partial charge in [0.05, 0.1) is 5.69 Å². The Morgan fingerprint density at radius 3 is 1.94 bits per heavy atom. The molecule has 0 aliphatic heterocycles. The highest BCUT2D eigenvalue weighted by Crippen LogP contribution is 2.70. The summed E-state index contributed by atoms with van der Waals surface area (Å²) in [6.07, 6.45) is 7.10.